The topological polar surface area (TPSA) is 51.0 Å². The average Bonchev–Trinajstić information content (AvgIpc) is 3.03. The predicted octanol–water partition coefficient (Wildman–Crippen LogP) is 3.46. The molecule has 0 atom stereocenters. The molecular formula is C19H23FN4O. The molecule has 1 aliphatic heterocycles. The van der Waals surface area contributed by atoms with Crippen molar-refractivity contribution >= 4 is 11.5 Å². The fraction of sp³-hybridized carbons (Fsp3) is 0.421. The van der Waals surface area contributed by atoms with Crippen molar-refractivity contribution in [3.05, 3.63) is 48.0 Å². The van der Waals surface area contributed by atoms with Crippen LogP contribution >= 0.6 is 0 Å². The van der Waals surface area contributed by atoms with Crippen LogP contribution in [0.4, 0.5) is 4.39 Å². The highest BCUT2D eigenvalue weighted by Gasteiger charge is 2.23. The summed E-state index contributed by atoms with van der Waals surface area (Å²) in [6.45, 7) is 7.45. The van der Waals surface area contributed by atoms with Gasteiger partial charge in [0.15, 0.2) is 0 Å². The first-order chi connectivity index (χ1) is 11.8. The highest BCUT2D eigenvalue weighted by molar-refractivity contribution is 5.78. The van der Waals surface area contributed by atoms with Gasteiger partial charge in [-0.15, -0.1) is 5.10 Å². The van der Waals surface area contributed by atoms with Crippen LogP contribution in [0.2, 0.25) is 0 Å². The van der Waals surface area contributed by atoms with Gasteiger partial charge in [-0.1, -0.05) is 44.2 Å². The molecule has 1 amide bonds. The summed E-state index contributed by atoms with van der Waals surface area (Å²) in [6, 6.07) is 6.47. The Morgan fingerprint density at radius 3 is 2.68 bits per heavy atom. The van der Waals surface area contributed by atoms with Crippen molar-refractivity contribution < 1.29 is 9.18 Å². The molecule has 0 bridgehead atoms. The number of para-hydroxylation sites is 1. The molecule has 0 saturated carbocycles. The second kappa shape index (κ2) is 6.78. The molecule has 25 heavy (non-hydrogen) atoms. The van der Waals surface area contributed by atoms with Crippen molar-refractivity contribution in [3.8, 4) is 5.69 Å². The van der Waals surface area contributed by atoms with E-state index in [0.717, 1.165) is 17.7 Å². The Kier molecular flexibility index (Phi) is 4.70. The van der Waals surface area contributed by atoms with Gasteiger partial charge in [-0.3, -0.25) is 4.79 Å². The van der Waals surface area contributed by atoms with Crippen LogP contribution in [0.15, 0.2) is 36.5 Å². The summed E-state index contributed by atoms with van der Waals surface area (Å²) in [5, 5.41) is 8.19. The maximum absolute atomic E-state index is 13.9. The van der Waals surface area contributed by atoms with Crippen LogP contribution < -0.4 is 0 Å². The van der Waals surface area contributed by atoms with E-state index in [9.17, 15) is 9.18 Å². The van der Waals surface area contributed by atoms with E-state index >= 15 is 0 Å². The molecular weight excluding hydrogens is 319 g/mol. The van der Waals surface area contributed by atoms with E-state index < -0.39 is 0 Å². The normalized spacial score (nSPS) is 15.2. The third kappa shape index (κ3) is 4.13. The minimum absolute atomic E-state index is 0.0104. The summed E-state index contributed by atoms with van der Waals surface area (Å²) >= 11 is 0. The number of hydrogen-bond donors (Lipinski definition) is 0. The second-order valence-corrected chi connectivity index (χ2v) is 7.56. The number of benzene rings is 1. The Bertz CT molecular complexity index is 804. The van der Waals surface area contributed by atoms with Crippen molar-refractivity contribution in [2.75, 3.05) is 13.1 Å². The SMILES string of the molecule is CC(C)(C)CC(=O)N1CC=C(c2cn(-c3ccccc3F)nn2)CC1. The lowest BCUT2D eigenvalue weighted by Gasteiger charge is -2.29. The van der Waals surface area contributed by atoms with Crippen molar-refractivity contribution in [2.45, 2.75) is 33.6 Å². The summed E-state index contributed by atoms with van der Waals surface area (Å²) in [4.78, 5) is 14.2. The van der Waals surface area contributed by atoms with Gasteiger partial charge in [0.2, 0.25) is 5.91 Å². The maximum atomic E-state index is 13.9. The molecule has 1 aromatic heterocycles. The van der Waals surface area contributed by atoms with Gasteiger partial charge >= 0.3 is 0 Å². The van der Waals surface area contributed by atoms with E-state index in [1.807, 2.05) is 11.0 Å². The molecule has 6 heteroatoms. The van der Waals surface area contributed by atoms with E-state index in [4.69, 9.17) is 0 Å². The molecule has 0 aliphatic carbocycles. The molecule has 0 radical (unpaired) electrons. The zero-order valence-electron chi connectivity index (χ0n) is 14.9. The van der Waals surface area contributed by atoms with E-state index in [1.165, 1.54) is 10.7 Å². The van der Waals surface area contributed by atoms with Crippen LogP contribution in [0.5, 0.6) is 0 Å². The number of halogens is 1. The fourth-order valence-electron chi connectivity index (χ4n) is 2.86. The Morgan fingerprint density at radius 2 is 2.04 bits per heavy atom. The molecule has 1 aromatic carbocycles. The van der Waals surface area contributed by atoms with Crippen molar-refractivity contribution in [1.82, 2.24) is 19.9 Å². The molecule has 2 aromatic rings. The minimum atomic E-state index is -0.337. The van der Waals surface area contributed by atoms with Crippen molar-refractivity contribution in [2.24, 2.45) is 5.41 Å². The van der Waals surface area contributed by atoms with E-state index in [2.05, 4.69) is 31.1 Å². The number of carbonyl (C=O) groups is 1. The van der Waals surface area contributed by atoms with E-state index in [0.29, 0.717) is 25.2 Å². The van der Waals surface area contributed by atoms with Crippen LogP contribution in [0.1, 0.15) is 39.3 Å². The van der Waals surface area contributed by atoms with Crippen LogP contribution in [0.25, 0.3) is 11.3 Å². The smallest absolute Gasteiger partial charge is 0.223 e. The van der Waals surface area contributed by atoms with Gasteiger partial charge in [0.05, 0.1) is 6.20 Å². The summed E-state index contributed by atoms with van der Waals surface area (Å²) in [6.07, 6.45) is 5.02. The first kappa shape index (κ1) is 17.3. The fourth-order valence-corrected chi connectivity index (χ4v) is 2.86. The third-order valence-electron chi connectivity index (χ3n) is 4.17. The van der Waals surface area contributed by atoms with Gasteiger partial charge < -0.3 is 4.90 Å². The predicted molar refractivity (Wildman–Crippen MR) is 94.6 cm³/mol. The Morgan fingerprint density at radius 1 is 1.28 bits per heavy atom. The van der Waals surface area contributed by atoms with Crippen molar-refractivity contribution in [1.29, 1.82) is 0 Å². The second-order valence-electron chi connectivity index (χ2n) is 7.56. The molecule has 3 rings (SSSR count). The summed E-state index contributed by atoms with van der Waals surface area (Å²) < 4.78 is 15.3. The monoisotopic (exact) mass is 342 g/mol. The first-order valence-electron chi connectivity index (χ1n) is 8.48. The van der Waals surface area contributed by atoms with Gasteiger partial charge in [0, 0.05) is 19.5 Å². The summed E-state index contributed by atoms with van der Waals surface area (Å²) in [5.41, 5.74) is 2.14. The Hall–Kier alpha value is -2.50. The van der Waals surface area contributed by atoms with Crippen LogP contribution in [0.3, 0.4) is 0 Å². The van der Waals surface area contributed by atoms with Crippen LogP contribution in [-0.2, 0) is 4.79 Å². The number of rotatable bonds is 3. The largest absolute Gasteiger partial charge is 0.339 e. The Labute approximate surface area is 147 Å². The first-order valence-corrected chi connectivity index (χ1v) is 8.48. The molecule has 1 aliphatic rings. The number of hydrogen-bond acceptors (Lipinski definition) is 3. The van der Waals surface area contributed by atoms with Gasteiger partial charge in [0.25, 0.3) is 0 Å². The standard InChI is InChI=1S/C19H23FN4O/c1-19(2,3)12-18(25)23-10-8-14(9-11-23)16-13-24(22-21-16)17-7-5-4-6-15(17)20/h4-8,13H,9-12H2,1-3H3. The zero-order valence-corrected chi connectivity index (χ0v) is 14.9. The molecule has 5 nitrogen and oxygen atoms in total. The molecule has 0 N–H and O–H groups in total. The third-order valence-corrected chi connectivity index (χ3v) is 4.17. The van der Waals surface area contributed by atoms with E-state index in [1.54, 1.807) is 24.4 Å². The molecule has 0 unspecified atom stereocenters. The lowest BCUT2D eigenvalue weighted by Crippen LogP contribution is -2.36. The molecule has 132 valence electrons. The summed E-state index contributed by atoms with van der Waals surface area (Å²) in [7, 11) is 0. The highest BCUT2D eigenvalue weighted by Crippen LogP contribution is 2.25. The molecule has 2 heterocycles. The lowest BCUT2D eigenvalue weighted by atomic mass is 9.91. The van der Waals surface area contributed by atoms with Gasteiger partial charge in [-0.2, -0.15) is 0 Å². The summed E-state index contributed by atoms with van der Waals surface area (Å²) in [5.74, 6) is -0.159. The molecule has 0 fully saturated rings. The average molecular weight is 342 g/mol. The van der Waals surface area contributed by atoms with Crippen LogP contribution in [-0.4, -0.2) is 38.9 Å². The minimum Gasteiger partial charge on any atom is -0.339 e. The number of aromatic nitrogens is 3. The molecule has 0 spiro atoms. The highest BCUT2D eigenvalue weighted by atomic mass is 19.1. The van der Waals surface area contributed by atoms with Gasteiger partial charge in [-0.25, -0.2) is 9.07 Å². The zero-order chi connectivity index (χ0) is 18.0. The Balaban J connectivity index is 1.71. The quantitative estimate of drug-likeness (QED) is 0.858. The maximum Gasteiger partial charge on any atom is 0.223 e. The van der Waals surface area contributed by atoms with Crippen molar-refractivity contribution in [3.63, 3.8) is 0 Å². The van der Waals surface area contributed by atoms with Gasteiger partial charge in [-0.05, 0) is 29.5 Å². The van der Waals surface area contributed by atoms with Gasteiger partial charge in [0.1, 0.15) is 17.2 Å². The number of nitrogens with zero attached hydrogens (tertiary/aromatic N) is 4. The number of amides is 1. The lowest BCUT2D eigenvalue weighted by molar-refractivity contribution is -0.132. The van der Waals surface area contributed by atoms with E-state index in [-0.39, 0.29) is 17.1 Å². The number of carbonyl (C=O) groups excluding carboxylic acids is 1. The molecule has 0 saturated heterocycles. The van der Waals surface area contributed by atoms with Crippen LogP contribution in [0, 0.1) is 11.2 Å².